The van der Waals surface area contributed by atoms with Crippen LogP contribution in [0.3, 0.4) is 0 Å². The molecule has 112 valence electrons. The number of amides is 1. The van der Waals surface area contributed by atoms with Crippen molar-refractivity contribution in [1.29, 1.82) is 0 Å². The number of carbonyl (C=O) groups excluding carboxylic acids is 1. The zero-order valence-corrected chi connectivity index (χ0v) is 12.4. The number of hydrogen-bond donors (Lipinski definition) is 2. The number of para-hydroxylation sites is 1. The van der Waals surface area contributed by atoms with E-state index < -0.39 is 0 Å². The van der Waals surface area contributed by atoms with Gasteiger partial charge in [-0.15, -0.1) is 0 Å². The second-order valence-corrected chi connectivity index (χ2v) is 5.41. The monoisotopic (exact) mass is 287 g/mol. The van der Waals surface area contributed by atoms with Crippen LogP contribution < -0.4 is 5.32 Å². The van der Waals surface area contributed by atoms with Crippen molar-refractivity contribution >= 4 is 23.0 Å². The molecule has 4 heteroatoms. The van der Waals surface area contributed by atoms with Crippen LogP contribution in [0.1, 0.15) is 26.0 Å². The summed E-state index contributed by atoms with van der Waals surface area (Å²) in [5, 5.41) is 13.4. The Labute approximate surface area is 124 Å². The van der Waals surface area contributed by atoms with Crippen LogP contribution in [-0.4, -0.2) is 23.7 Å². The fraction of sp³-hybridized carbons (Fsp3) is 0.353. The maximum Gasteiger partial charge on any atom is 0.244 e. The average Bonchev–Trinajstić information content (AvgIpc) is 2.87. The van der Waals surface area contributed by atoms with E-state index in [1.165, 1.54) is 6.08 Å². The van der Waals surface area contributed by atoms with E-state index in [0.29, 0.717) is 18.7 Å². The quantitative estimate of drug-likeness (QED) is 0.803. The van der Waals surface area contributed by atoms with Gasteiger partial charge in [0.15, 0.2) is 0 Å². The van der Waals surface area contributed by atoms with Gasteiger partial charge in [-0.1, -0.05) is 32.0 Å². The minimum absolute atomic E-state index is 0.189. The number of nitrogens with one attached hydrogen (secondary N) is 1. The lowest BCUT2D eigenvalue weighted by Gasteiger charge is -2.13. The molecule has 1 atom stereocenters. The molecule has 0 fully saturated rings. The number of hydrogen-bond acceptors (Lipinski definition) is 3. The standard InChI is InChI=1S/C17H21NO3/c1-12(2)15(19)9-10-18-17(20)8-7-14-11-13-5-3-4-6-16(13)21-14/h3-8,11-12,15,19H,9-10H2,1-2H3,(H,18,20). The summed E-state index contributed by atoms with van der Waals surface area (Å²) < 4.78 is 5.59. The van der Waals surface area contributed by atoms with E-state index in [-0.39, 0.29) is 17.9 Å². The molecular formula is C17H21NO3. The Morgan fingerprint density at radius 2 is 2.14 bits per heavy atom. The van der Waals surface area contributed by atoms with E-state index in [4.69, 9.17) is 4.42 Å². The minimum atomic E-state index is -0.385. The molecule has 2 rings (SSSR count). The van der Waals surface area contributed by atoms with E-state index >= 15 is 0 Å². The summed E-state index contributed by atoms with van der Waals surface area (Å²) in [5.41, 5.74) is 0.803. The molecule has 2 N–H and O–H groups in total. The van der Waals surface area contributed by atoms with Crippen molar-refractivity contribution in [3.8, 4) is 0 Å². The van der Waals surface area contributed by atoms with E-state index in [0.717, 1.165) is 11.0 Å². The van der Waals surface area contributed by atoms with Crippen LogP contribution >= 0.6 is 0 Å². The molecular weight excluding hydrogens is 266 g/mol. The topological polar surface area (TPSA) is 62.5 Å². The fourth-order valence-electron chi connectivity index (χ4n) is 1.98. The summed E-state index contributed by atoms with van der Waals surface area (Å²) in [6.07, 6.45) is 3.26. The molecule has 21 heavy (non-hydrogen) atoms. The molecule has 1 unspecified atom stereocenters. The lowest BCUT2D eigenvalue weighted by atomic mass is 10.0. The van der Waals surface area contributed by atoms with Crippen molar-refractivity contribution in [2.45, 2.75) is 26.4 Å². The summed E-state index contributed by atoms with van der Waals surface area (Å²) in [6.45, 7) is 4.37. The molecule has 0 spiro atoms. The van der Waals surface area contributed by atoms with Gasteiger partial charge in [0.2, 0.25) is 5.91 Å². The van der Waals surface area contributed by atoms with Gasteiger partial charge in [-0.25, -0.2) is 0 Å². The fourth-order valence-corrected chi connectivity index (χ4v) is 1.98. The Hall–Kier alpha value is -2.07. The number of fused-ring (bicyclic) bond motifs is 1. The number of aliphatic hydroxyl groups is 1. The predicted octanol–water partition coefficient (Wildman–Crippen LogP) is 2.97. The van der Waals surface area contributed by atoms with Gasteiger partial charge in [-0.3, -0.25) is 4.79 Å². The van der Waals surface area contributed by atoms with Crippen LogP contribution in [0.2, 0.25) is 0 Å². The predicted molar refractivity (Wildman–Crippen MR) is 83.7 cm³/mol. The number of furan rings is 1. The first-order valence-electron chi connectivity index (χ1n) is 7.19. The first-order valence-corrected chi connectivity index (χ1v) is 7.19. The zero-order chi connectivity index (χ0) is 15.2. The van der Waals surface area contributed by atoms with Crippen LogP contribution in [0.4, 0.5) is 0 Å². The summed E-state index contributed by atoms with van der Waals surface area (Å²) in [7, 11) is 0. The van der Waals surface area contributed by atoms with Crippen molar-refractivity contribution in [3.05, 3.63) is 42.2 Å². The van der Waals surface area contributed by atoms with Crippen LogP contribution in [0.25, 0.3) is 17.0 Å². The van der Waals surface area contributed by atoms with Gasteiger partial charge in [0, 0.05) is 18.0 Å². The maximum atomic E-state index is 11.7. The summed E-state index contributed by atoms with van der Waals surface area (Å²) in [5.74, 6) is 0.660. The van der Waals surface area contributed by atoms with Crippen molar-refractivity contribution in [2.75, 3.05) is 6.54 Å². The Balaban J connectivity index is 1.84. The highest BCUT2D eigenvalue weighted by molar-refractivity contribution is 5.92. The molecule has 1 aromatic carbocycles. The van der Waals surface area contributed by atoms with Crippen LogP contribution in [0.15, 0.2) is 40.8 Å². The third kappa shape index (κ3) is 4.46. The largest absolute Gasteiger partial charge is 0.457 e. The SMILES string of the molecule is CC(C)C(O)CCNC(=O)C=Cc1cc2ccccc2o1. The van der Waals surface area contributed by atoms with Crippen LogP contribution in [0, 0.1) is 5.92 Å². The molecule has 2 aromatic rings. The summed E-state index contributed by atoms with van der Waals surface area (Å²) in [4.78, 5) is 11.7. The molecule has 0 saturated heterocycles. The Morgan fingerprint density at radius 3 is 2.86 bits per heavy atom. The van der Waals surface area contributed by atoms with Gasteiger partial charge in [0.05, 0.1) is 6.10 Å². The normalized spacial score (nSPS) is 13.1. The highest BCUT2D eigenvalue weighted by Gasteiger charge is 2.08. The van der Waals surface area contributed by atoms with Crippen molar-refractivity contribution in [2.24, 2.45) is 5.92 Å². The Bertz CT molecular complexity index is 595. The number of benzene rings is 1. The summed E-state index contributed by atoms with van der Waals surface area (Å²) in [6, 6.07) is 9.59. The number of aliphatic hydroxyl groups excluding tert-OH is 1. The van der Waals surface area contributed by atoms with Crippen molar-refractivity contribution < 1.29 is 14.3 Å². The van der Waals surface area contributed by atoms with Gasteiger partial charge in [0.1, 0.15) is 11.3 Å². The molecule has 0 aliphatic rings. The van der Waals surface area contributed by atoms with Crippen LogP contribution in [-0.2, 0) is 4.79 Å². The molecule has 0 radical (unpaired) electrons. The molecule has 1 heterocycles. The number of rotatable bonds is 6. The lowest BCUT2D eigenvalue weighted by molar-refractivity contribution is -0.116. The third-order valence-electron chi connectivity index (χ3n) is 3.35. The first kappa shape index (κ1) is 15.3. The lowest BCUT2D eigenvalue weighted by Crippen LogP contribution is -2.27. The summed E-state index contributed by atoms with van der Waals surface area (Å²) >= 11 is 0. The van der Waals surface area contributed by atoms with Gasteiger partial charge >= 0.3 is 0 Å². The van der Waals surface area contributed by atoms with Gasteiger partial charge in [0.25, 0.3) is 0 Å². The molecule has 1 amide bonds. The molecule has 0 aliphatic carbocycles. The Kier molecular flexibility index (Phi) is 5.17. The van der Waals surface area contributed by atoms with Crippen molar-refractivity contribution in [3.63, 3.8) is 0 Å². The van der Waals surface area contributed by atoms with Gasteiger partial charge in [-0.2, -0.15) is 0 Å². The second kappa shape index (κ2) is 7.09. The van der Waals surface area contributed by atoms with Gasteiger partial charge < -0.3 is 14.8 Å². The average molecular weight is 287 g/mol. The van der Waals surface area contributed by atoms with E-state index in [1.54, 1.807) is 6.08 Å². The van der Waals surface area contributed by atoms with Crippen LogP contribution in [0.5, 0.6) is 0 Å². The third-order valence-corrected chi connectivity index (χ3v) is 3.35. The number of carbonyl (C=O) groups is 1. The second-order valence-electron chi connectivity index (χ2n) is 5.41. The van der Waals surface area contributed by atoms with E-state index in [2.05, 4.69) is 5.32 Å². The van der Waals surface area contributed by atoms with Crippen molar-refractivity contribution in [1.82, 2.24) is 5.32 Å². The molecule has 0 aliphatic heterocycles. The highest BCUT2D eigenvalue weighted by atomic mass is 16.3. The molecule has 1 aromatic heterocycles. The zero-order valence-electron chi connectivity index (χ0n) is 12.4. The smallest absolute Gasteiger partial charge is 0.244 e. The molecule has 0 bridgehead atoms. The maximum absolute atomic E-state index is 11.7. The van der Waals surface area contributed by atoms with E-state index in [9.17, 15) is 9.90 Å². The molecule has 4 nitrogen and oxygen atoms in total. The van der Waals surface area contributed by atoms with E-state index in [1.807, 2.05) is 44.2 Å². The first-order chi connectivity index (χ1) is 10.1. The Morgan fingerprint density at radius 1 is 1.38 bits per heavy atom. The minimum Gasteiger partial charge on any atom is -0.457 e. The van der Waals surface area contributed by atoms with Gasteiger partial charge in [-0.05, 0) is 30.5 Å². The molecule has 0 saturated carbocycles. The highest BCUT2D eigenvalue weighted by Crippen LogP contribution is 2.19.